The minimum Gasteiger partial charge on any atom is -0.383 e. The lowest BCUT2D eigenvalue weighted by atomic mass is 9.64. The quantitative estimate of drug-likeness (QED) is 0.892. The van der Waals surface area contributed by atoms with Crippen molar-refractivity contribution in [2.45, 2.75) is 24.7 Å². The Morgan fingerprint density at radius 3 is 2.59 bits per heavy atom. The van der Waals surface area contributed by atoms with E-state index in [9.17, 15) is 9.18 Å². The van der Waals surface area contributed by atoms with Crippen LogP contribution in [0.25, 0.3) is 0 Å². The van der Waals surface area contributed by atoms with Gasteiger partial charge in [0.2, 0.25) is 0 Å². The van der Waals surface area contributed by atoms with Crippen LogP contribution in [0.2, 0.25) is 0 Å². The van der Waals surface area contributed by atoms with Crippen LogP contribution in [0, 0.1) is 5.82 Å². The van der Waals surface area contributed by atoms with Crippen LogP contribution in [0.4, 0.5) is 10.1 Å². The number of aromatic nitrogens is 1. The van der Waals surface area contributed by atoms with E-state index in [0.29, 0.717) is 17.8 Å². The number of rotatable bonds is 5. The zero-order chi connectivity index (χ0) is 15.6. The zero-order valence-corrected chi connectivity index (χ0v) is 12.2. The highest BCUT2D eigenvalue weighted by Gasteiger charge is 2.38. The Balaban J connectivity index is 1.80. The smallest absolute Gasteiger partial charge is 0.252 e. The standard InChI is InChI=1S/C17H18FN3O/c18-13-4-2-12(3-5-13)17(7-1-8-17)11-21-15-6-9-20-10-14(15)16(19)22/h2-6,9-10H,1,7-8,11H2,(H2,19,22)(H,20,21). The predicted molar refractivity (Wildman–Crippen MR) is 83.2 cm³/mol. The molecule has 0 atom stereocenters. The maximum Gasteiger partial charge on any atom is 0.252 e. The second-order valence-electron chi connectivity index (χ2n) is 5.78. The third-order valence-electron chi connectivity index (χ3n) is 4.47. The summed E-state index contributed by atoms with van der Waals surface area (Å²) in [6.07, 6.45) is 6.33. The number of amides is 1. The molecule has 3 rings (SSSR count). The number of nitrogens with one attached hydrogen (secondary N) is 1. The molecule has 1 aromatic heterocycles. The fraction of sp³-hybridized carbons (Fsp3) is 0.294. The number of nitrogens with two attached hydrogens (primary N) is 1. The largest absolute Gasteiger partial charge is 0.383 e. The molecule has 5 heteroatoms. The number of carbonyl (C=O) groups is 1. The molecule has 4 nitrogen and oxygen atoms in total. The highest BCUT2D eigenvalue weighted by Crippen LogP contribution is 2.43. The van der Waals surface area contributed by atoms with Crippen molar-refractivity contribution in [3.8, 4) is 0 Å². The summed E-state index contributed by atoms with van der Waals surface area (Å²) in [6.45, 7) is 0.683. The number of carbonyl (C=O) groups excluding carboxylic acids is 1. The monoisotopic (exact) mass is 299 g/mol. The third-order valence-corrected chi connectivity index (χ3v) is 4.47. The van der Waals surface area contributed by atoms with E-state index in [1.54, 1.807) is 12.3 Å². The van der Waals surface area contributed by atoms with Crippen molar-refractivity contribution in [3.05, 3.63) is 59.7 Å². The van der Waals surface area contributed by atoms with Crippen LogP contribution >= 0.6 is 0 Å². The lowest BCUT2D eigenvalue weighted by Gasteiger charge is -2.43. The van der Waals surface area contributed by atoms with Gasteiger partial charge in [-0.05, 0) is 36.6 Å². The Bertz CT molecular complexity index is 681. The molecular weight excluding hydrogens is 281 g/mol. The third kappa shape index (κ3) is 2.66. The van der Waals surface area contributed by atoms with Gasteiger partial charge in [0.1, 0.15) is 5.82 Å². The fourth-order valence-corrected chi connectivity index (χ4v) is 2.98. The number of benzene rings is 1. The Kier molecular flexibility index (Phi) is 3.79. The number of primary amides is 1. The Morgan fingerprint density at radius 2 is 2.00 bits per heavy atom. The number of hydrogen-bond acceptors (Lipinski definition) is 3. The van der Waals surface area contributed by atoms with Crippen molar-refractivity contribution in [3.63, 3.8) is 0 Å². The molecule has 1 aliphatic carbocycles. The van der Waals surface area contributed by atoms with E-state index in [1.807, 2.05) is 12.1 Å². The SMILES string of the molecule is NC(=O)c1cnccc1NCC1(c2ccc(F)cc2)CCC1. The van der Waals surface area contributed by atoms with Crippen LogP contribution in [0.15, 0.2) is 42.7 Å². The molecule has 0 radical (unpaired) electrons. The number of halogens is 1. The van der Waals surface area contributed by atoms with E-state index in [0.717, 1.165) is 24.8 Å². The first-order chi connectivity index (χ1) is 10.6. The van der Waals surface area contributed by atoms with Crippen molar-refractivity contribution in [1.29, 1.82) is 0 Å². The number of pyridine rings is 1. The molecule has 0 unspecified atom stereocenters. The molecule has 0 bridgehead atoms. The average molecular weight is 299 g/mol. The number of hydrogen-bond donors (Lipinski definition) is 2. The summed E-state index contributed by atoms with van der Waals surface area (Å²) < 4.78 is 13.1. The lowest BCUT2D eigenvalue weighted by molar-refractivity contribution is 0.100. The second-order valence-corrected chi connectivity index (χ2v) is 5.78. The highest BCUT2D eigenvalue weighted by molar-refractivity contribution is 5.98. The Hall–Kier alpha value is -2.43. The molecule has 2 aromatic rings. The van der Waals surface area contributed by atoms with Gasteiger partial charge in [0.25, 0.3) is 5.91 Å². The van der Waals surface area contributed by atoms with Gasteiger partial charge >= 0.3 is 0 Å². The van der Waals surface area contributed by atoms with Gasteiger partial charge in [-0.15, -0.1) is 0 Å². The summed E-state index contributed by atoms with van der Waals surface area (Å²) in [5.74, 6) is -0.726. The van der Waals surface area contributed by atoms with Gasteiger partial charge in [0.15, 0.2) is 0 Å². The molecule has 0 spiro atoms. The van der Waals surface area contributed by atoms with Crippen LogP contribution in [0.1, 0.15) is 35.2 Å². The van der Waals surface area contributed by atoms with E-state index in [2.05, 4.69) is 10.3 Å². The highest BCUT2D eigenvalue weighted by atomic mass is 19.1. The molecule has 1 saturated carbocycles. The van der Waals surface area contributed by atoms with Crippen molar-refractivity contribution in [1.82, 2.24) is 4.98 Å². The molecular formula is C17H18FN3O. The Morgan fingerprint density at radius 1 is 1.27 bits per heavy atom. The second kappa shape index (κ2) is 5.75. The van der Waals surface area contributed by atoms with Crippen molar-refractivity contribution >= 4 is 11.6 Å². The summed E-state index contributed by atoms with van der Waals surface area (Å²) in [7, 11) is 0. The zero-order valence-electron chi connectivity index (χ0n) is 12.2. The van der Waals surface area contributed by atoms with E-state index >= 15 is 0 Å². The van der Waals surface area contributed by atoms with Gasteiger partial charge in [0, 0.05) is 24.4 Å². The molecule has 1 amide bonds. The maximum absolute atomic E-state index is 13.1. The normalized spacial score (nSPS) is 15.9. The number of anilines is 1. The molecule has 1 fully saturated rings. The molecule has 1 heterocycles. The van der Waals surface area contributed by atoms with E-state index in [-0.39, 0.29) is 11.2 Å². The summed E-state index contributed by atoms with van der Waals surface area (Å²) >= 11 is 0. The summed E-state index contributed by atoms with van der Waals surface area (Å²) in [5.41, 5.74) is 7.56. The van der Waals surface area contributed by atoms with Gasteiger partial charge < -0.3 is 11.1 Å². The summed E-state index contributed by atoms with van der Waals surface area (Å²) in [5, 5.41) is 3.32. The maximum atomic E-state index is 13.1. The summed E-state index contributed by atoms with van der Waals surface area (Å²) in [4.78, 5) is 15.4. The van der Waals surface area contributed by atoms with Crippen LogP contribution in [-0.4, -0.2) is 17.4 Å². The van der Waals surface area contributed by atoms with E-state index in [1.165, 1.54) is 18.3 Å². The van der Waals surface area contributed by atoms with Crippen LogP contribution in [-0.2, 0) is 5.41 Å². The topological polar surface area (TPSA) is 68.0 Å². The van der Waals surface area contributed by atoms with Gasteiger partial charge in [0.05, 0.1) is 11.3 Å². The van der Waals surface area contributed by atoms with Crippen molar-refractivity contribution in [2.75, 3.05) is 11.9 Å². The molecule has 1 aromatic carbocycles. The van der Waals surface area contributed by atoms with Crippen molar-refractivity contribution in [2.24, 2.45) is 5.73 Å². The predicted octanol–water partition coefficient (Wildman–Crippen LogP) is 2.85. The molecule has 3 N–H and O–H groups in total. The minimum absolute atomic E-state index is 0.00805. The first-order valence-corrected chi connectivity index (χ1v) is 7.34. The molecule has 0 aliphatic heterocycles. The van der Waals surface area contributed by atoms with Gasteiger partial charge in [-0.1, -0.05) is 18.6 Å². The average Bonchev–Trinajstić information content (AvgIpc) is 2.48. The first-order valence-electron chi connectivity index (χ1n) is 7.34. The molecule has 1 aliphatic rings. The minimum atomic E-state index is -0.500. The lowest BCUT2D eigenvalue weighted by Crippen LogP contribution is -2.41. The van der Waals surface area contributed by atoms with Crippen LogP contribution < -0.4 is 11.1 Å². The number of nitrogens with zero attached hydrogens (tertiary/aromatic N) is 1. The summed E-state index contributed by atoms with van der Waals surface area (Å²) in [6, 6.07) is 8.43. The van der Waals surface area contributed by atoms with Crippen LogP contribution in [0.5, 0.6) is 0 Å². The van der Waals surface area contributed by atoms with Crippen molar-refractivity contribution < 1.29 is 9.18 Å². The van der Waals surface area contributed by atoms with Gasteiger partial charge in [-0.25, -0.2) is 4.39 Å². The van der Waals surface area contributed by atoms with Crippen LogP contribution in [0.3, 0.4) is 0 Å². The Labute approximate surface area is 128 Å². The van der Waals surface area contributed by atoms with Gasteiger partial charge in [-0.2, -0.15) is 0 Å². The van der Waals surface area contributed by atoms with E-state index in [4.69, 9.17) is 5.73 Å². The molecule has 0 saturated heterocycles. The van der Waals surface area contributed by atoms with E-state index < -0.39 is 5.91 Å². The molecule has 114 valence electrons. The molecule has 22 heavy (non-hydrogen) atoms. The first kappa shape index (κ1) is 14.5. The van der Waals surface area contributed by atoms with Gasteiger partial charge in [-0.3, -0.25) is 9.78 Å². The fourth-order valence-electron chi connectivity index (χ4n) is 2.98.